The topological polar surface area (TPSA) is 40.6 Å². The van der Waals surface area contributed by atoms with E-state index in [-0.39, 0.29) is 17.4 Å². The molecule has 0 unspecified atom stereocenters. The SMILES string of the molecule is O=C(/C=C/c1ccccc1)N1CCN(C(=O)c2ccc(C(F)(F)F)cc2)CC1. The summed E-state index contributed by atoms with van der Waals surface area (Å²) in [5.41, 5.74) is 0.341. The molecule has 1 fully saturated rings. The summed E-state index contributed by atoms with van der Waals surface area (Å²) in [5, 5.41) is 0. The molecule has 1 aliphatic rings. The largest absolute Gasteiger partial charge is 0.416 e. The number of carbonyl (C=O) groups is 2. The van der Waals surface area contributed by atoms with Crippen molar-refractivity contribution in [2.45, 2.75) is 6.18 Å². The molecule has 0 atom stereocenters. The maximum absolute atomic E-state index is 12.6. The lowest BCUT2D eigenvalue weighted by Gasteiger charge is -2.34. The summed E-state index contributed by atoms with van der Waals surface area (Å²) >= 11 is 0. The Morgan fingerprint density at radius 2 is 1.39 bits per heavy atom. The van der Waals surface area contributed by atoms with Crippen LogP contribution >= 0.6 is 0 Å². The van der Waals surface area contributed by atoms with Crippen LogP contribution in [0, 0.1) is 0 Å². The third kappa shape index (κ3) is 4.79. The van der Waals surface area contributed by atoms with Crippen molar-refractivity contribution < 1.29 is 22.8 Å². The summed E-state index contributed by atoms with van der Waals surface area (Å²) in [5.74, 6) is -0.467. The Labute approximate surface area is 160 Å². The highest BCUT2D eigenvalue weighted by molar-refractivity contribution is 5.95. The summed E-state index contributed by atoms with van der Waals surface area (Å²) in [4.78, 5) is 28.0. The number of nitrogens with zero attached hydrogens (tertiary/aromatic N) is 2. The molecule has 1 aliphatic heterocycles. The zero-order valence-electron chi connectivity index (χ0n) is 15.0. The Bertz CT molecular complexity index is 853. The van der Waals surface area contributed by atoms with Gasteiger partial charge in [-0.3, -0.25) is 9.59 Å². The number of amides is 2. The van der Waals surface area contributed by atoms with Gasteiger partial charge < -0.3 is 9.80 Å². The Morgan fingerprint density at radius 1 is 0.821 bits per heavy atom. The predicted octanol–water partition coefficient (Wildman–Crippen LogP) is 3.70. The van der Waals surface area contributed by atoms with E-state index in [1.807, 2.05) is 30.3 Å². The van der Waals surface area contributed by atoms with Crippen molar-refractivity contribution in [3.63, 3.8) is 0 Å². The Morgan fingerprint density at radius 3 is 1.96 bits per heavy atom. The van der Waals surface area contributed by atoms with E-state index in [2.05, 4.69) is 0 Å². The van der Waals surface area contributed by atoms with Crippen LogP contribution in [0.3, 0.4) is 0 Å². The summed E-state index contributed by atoms with van der Waals surface area (Å²) in [6.45, 7) is 1.43. The van der Waals surface area contributed by atoms with Crippen molar-refractivity contribution in [3.05, 3.63) is 77.4 Å². The average Bonchev–Trinajstić information content (AvgIpc) is 2.72. The molecule has 2 amide bonds. The molecule has 28 heavy (non-hydrogen) atoms. The number of hydrogen-bond acceptors (Lipinski definition) is 2. The van der Waals surface area contributed by atoms with Gasteiger partial charge in [0.05, 0.1) is 5.56 Å². The zero-order valence-corrected chi connectivity index (χ0v) is 15.0. The second kappa shape index (κ2) is 8.29. The zero-order chi connectivity index (χ0) is 20.1. The maximum atomic E-state index is 12.6. The molecule has 7 heteroatoms. The standard InChI is InChI=1S/C21H19F3N2O2/c22-21(23,24)18-9-7-17(8-10-18)20(28)26-14-12-25(13-15-26)19(27)11-6-16-4-2-1-3-5-16/h1-11H,12-15H2/b11-6+. The van der Waals surface area contributed by atoms with E-state index >= 15 is 0 Å². The molecule has 0 spiro atoms. The average molecular weight is 388 g/mol. The number of hydrogen-bond donors (Lipinski definition) is 0. The minimum Gasteiger partial charge on any atom is -0.336 e. The van der Waals surface area contributed by atoms with E-state index in [1.165, 1.54) is 18.2 Å². The van der Waals surface area contributed by atoms with Gasteiger partial charge >= 0.3 is 6.18 Å². The van der Waals surface area contributed by atoms with Crippen molar-refractivity contribution in [3.8, 4) is 0 Å². The van der Waals surface area contributed by atoms with E-state index in [1.54, 1.807) is 15.9 Å². The molecular weight excluding hydrogens is 369 g/mol. The molecule has 0 bridgehead atoms. The number of carbonyl (C=O) groups excluding carboxylic acids is 2. The molecule has 3 rings (SSSR count). The van der Waals surface area contributed by atoms with Gasteiger partial charge in [0.1, 0.15) is 0 Å². The summed E-state index contributed by atoms with van der Waals surface area (Å²) < 4.78 is 37.9. The highest BCUT2D eigenvalue weighted by Gasteiger charge is 2.31. The lowest BCUT2D eigenvalue weighted by molar-refractivity contribution is -0.137. The molecule has 0 N–H and O–H groups in total. The monoisotopic (exact) mass is 388 g/mol. The predicted molar refractivity (Wildman–Crippen MR) is 99.4 cm³/mol. The minimum atomic E-state index is -4.43. The van der Waals surface area contributed by atoms with Crippen LogP contribution in [0.2, 0.25) is 0 Å². The first-order valence-electron chi connectivity index (χ1n) is 8.83. The maximum Gasteiger partial charge on any atom is 0.416 e. The van der Waals surface area contributed by atoms with Crippen LogP contribution in [-0.4, -0.2) is 47.8 Å². The summed E-state index contributed by atoms with van der Waals surface area (Å²) in [6.07, 6.45) is -1.19. The molecule has 4 nitrogen and oxygen atoms in total. The van der Waals surface area contributed by atoms with Crippen LogP contribution in [-0.2, 0) is 11.0 Å². The molecule has 0 saturated carbocycles. The fraction of sp³-hybridized carbons (Fsp3) is 0.238. The third-order valence-corrected chi connectivity index (χ3v) is 4.56. The molecule has 146 valence electrons. The fourth-order valence-electron chi connectivity index (χ4n) is 2.95. The first-order valence-corrected chi connectivity index (χ1v) is 8.83. The van der Waals surface area contributed by atoms with Crippen LogP contribution in [0.4, 0.5) is 13.2 Å². The molecule has 1 heterocycles. The van der Waals surface area contributed by atoms with Crippen molar-refractivity contribution in [2.75, 3.05) is 26.2 Å². The van der Waals surface area contributed by atoms with Crippen molar-refractivity contribution in [1.82, 2.24) is 9.80 Å². The van der Waals surface area contributed by atoms with E-state index in [4.69, 9.17) is 0 Å². The minimum absolute atomic E-state index is 0.134. The van der Waals surface area contributed by atoms with E-state index in [9.17, 15) is 22.8 Å². The van der Waals surface area contributed by atoms with Crippen LogP contribution in [0.25, 0.3) is 6.08 Å². The Hall–Kier alpha value is -3.09. The molecule has 2 aromatic rings. The van der Waals surface area contributed by atoms with E-state index < -0.39 is 11.7 Å². The molecule has 0 radical (unpaired) electrons. The molecule has 0 aromatic heterocycles. The lowest BCUT2D eigenvalue weighted by atomic mass is 10.1. The smallest absolute Gasteiger partial charge is 0.336 e. The van der Waals surface area contributed by atoms with Gasteiger partial charge in [0, 0.05) is 37.8 Å². The number of benzene rings is 2. The fourth-order valence-corrected chi connectivity index (χ4v) is 2.95. The second-order valence-corrected chi connectivity index (χ2v) is 6.44. The Balaban J connectivity index is 1.55. The lowest BCUT2D eigenvalue weighted by Crippen LogP contribution is -2.50. The third-order valence-electron chi connectivity index (χ3n) is 4.56. The number of rotatable bonds is 3. The van der Waals surface area contributed by atoms with Crippen LogP contribution < -0.4 is 0 Å². The molecule has 1 saturated heterocycles. The van der Waals surface area contributed by atoms with Gasteiger partial charge in [-0.05, 0) is 35.9 Å². The van der Waals surface area contributed by atoms with Crippen LogP contribution in [0.1, 0.15) is 21.5 Å². The summed E-state index contributed by atoms with van der Waals surface area (Å²) in [7, 11) is 0. The van der Waals surface area contributed by atoms with Crippen molar-refractivity contribution >= 4 is 17.9 Å². The van der Waals surface area contributed by atoms with Gasteiger partial charge in [-0.15, -0.1) is 0 Å². The number of alkyl halides is 3. The highest BCUT2D eigenvalue weighted by Crippen LogP contribution is 2.29. The van der Waals surface area contributed by atoms with Crippen LogP contribution in [0.15, 0.2) is 60.7 Å². The number of halogens is 3. The van der Waals surface area contributed by atoms with Gasteiger partial charge in [0.15, 0.2) is 0 Å². The first-order chi connectivity index (χ1) is 13.3. The van der Waals surface area contributed by atoms with Crippen molar-refractivity contribution in [1.29, 1.82) is 0 Å². The summed E-state index contributed by atoms with van der Waals surface area (Å²) in [6, 6.07) is 13.6. The van der Waals surface area contributed by atoms with Crippen LogP contribution in [0.5, 0.6) is 0 Å². The molecule has 0 aliphatic carbocycles. The first kappa shape index (κ1) is 19.7. The molecular formula is C21H19F3N2O2. The quantitative estimate of drug-likeness (QED) is 0.753. The molecule has 2 aromatic carbocycles. The van der Waals surface area contributed by atoms with Crippen molar-refractivity contribution in [2.24, 2.45) is 0 Å². The number of piperazine rings is 1. The van der Waals surface area contributed by atoms with Gasteiger partial charge in [0.25, 0.3) is 5.91 Å². The van der Waals surface area contributed by atoms with Gasteiger partial charge in [-0.1, -0.05) is 30.3 Å². The van der Waals surface area contributed by atoms with E-state index in [0.717, 1.165) is 17.7 Å². The van der Waals surface area contributed by atoms with Gasteiger partial charge in [-0.2, -0.15) is 13.2 Å². The van der Waals surface area contributed by atoms with E-state index in [0.29, 0.717) is 26.2 Å². The highest BCUT2D eigenvalue weighted by atomic mass is 19.4. The normalized spacial score (nSPS) is 15.1. The Kier molecular flexibility index (Phi) is 5.82. The van der Waals surface area contributed by atoms with Gasteiger partial charge in [0.2, 0.25) is 5.91 Å². The second-order valence-electron chi connectivity index (χ2n) is 6.44. The van der Waals surface area contributed by atoms with Gasteiger partial charge in [-0.25, -0.2) is 0 Å².